The molecule has 1 aromatic heterocycles. The molecule has 7 heteroatoms. The molecule has 1 saturated heterocycles. The van der Waals surface area contributed by atoms with Crippen LogP contribution in [0.3, 0.4) is 0 Å². The van der Waals surface area contributed by atoms with Crippen LogP contribution >= 0.6 is 10.7 Å². The maximum atomic E-state index is 12.2. The van der Waals surface area contributed by atoms with Gasteiger partial charge < -0.3 is 0 Å². The molecule has 0 spiro atoms. The summed E-state index contributed by atoms with van der Waals surface area (Å²) < 4.78 is 22.4. The number of nitrogens with zero attached hydrogens (tertiary/aromatic N) is 2. The van der Waals surface area contributed by atoms with Gasteiger partial charge in [-0.2, -0.15) is 0 Å². The highest BCUT2D eigenvalue weighted by Crippen LogP contribution is 2.27. The fourth-order valence-electron chi connectivity index (χ4n) is 2.74. The van der Waals surface area contributed by atoms with Crippen molar-refractivity contribution in [3.63, 3.8) is 0 Å². The van der Waals surface area contributed by atoms with Crippen molar-refractivity contribution in [2.75, 3.05) is 17.2 Å². The van der Waals surface area contributed by atoms with Gasteiger partial charge in [0.15, 0.2) is 0 Å². The van der Waals surface area contributed by atoms with Crippen molar-refractivity contribution in [2.45, 2.75) is 6.42 Å². The summed E-state index contributed by atoms with van der Waals surface area (Å²) in [5, 5.41) is 0. The molecule has 0 N–H and O–H groups in total. The third-order valence-corrected chi connectivity index (χ3v) is 4.97. The van der Waals surface area contributed by atoms with Crippen LogP contribution < -0.4 is 4.90 Å². The van der Waals surface area contributed by atoms with E-state index in [1.54, 1.807) is 6.07 Å². The molecule has 1 aromatic carbocycles. The Kier molecular flexibility index (Phi) is 4.37. The third-order valence-electron chi connectivity index (χ3n) is 3.72. The van der Waals surface area contributed by atoms with Crippen molar-refractivity contribution in [2.24, 2.45) is 5.92 Å². The van der Waals surface area contributed by atoms with E-state index in [0.717, 1.165) is 11.3 Å². The second kappa shape index (κ2) is 6.29. The zero-order chi connectivity index (χ0) is 16.4. The van der Waals surface area contributed by atoms with E-state index in [0.29, 0.717) is 12.4 Å². The lowest BCUT2D eigenvalue weighted by atomic mass is 10.1. The number of halogens is 1. The van der Waals surface area contributed by atoms with E-state index in [2.05, 4.69) is 4.98 Å². The molecule has 0 aliphatic carbocycles. The first-order valence-corrected chi connectivity index (χ1v) is 9.65. The van der Waals surface area contributed by atoms with E-state index in [1.807, 2.05) is 42.5 Å². The van der Waals surface area contributed by atoms with Crippen LogP contribution in [0.4, 0.5) is 5.82 Å². The van der Waals surface area contributed by atoms with E-state index < -0.39 is 9.05 Å². The molecule has 3 rings (SSSR count). The first-order valence-electron chi connectivity index (χ1n) is 7.17. The van der Waals surface area contributed by atoms with E-state index in [1.165, 1.54) is 4.90 Å². The number of amides is 1. The quantitative estimate of drug-likeness (QED) is 0.795. The molecule has 1 aliphatic rings. The molecule has 1 unspecified atom stereocenters. The predicted octanol–water partition coefficient (Wildman–Crippen LogP) is 2.67. The first kappa shape index (κ1) is 16.0. The summed E-state index contributed by atoms with van der Waals surface area (Å²) in [5.74, 6) is -0.0964. The summed E-state index contributed by atoms with van der Waals surface area (Å²) in [6.45, 7) is 0.316. The molecule has 1 amide bonds. The normalized spacial score (nSPS) is 18.4. The Morgan fingerprint density at radius 1 is 1.13 bits per heavy atom. The number of carbonyl (C=O) groups is 1. The summed E-state index contributed by atoms with van der Waals surface area (Å²) in [4.78, 5) is 18.2. The first-order chi connectivity index (χ1) is 10.9. The lowest BCUT2D eigenvalue weighted by molar-refractivity contribution is -0.117. The summed E-state index contributed by atoms with van der Waals surface area (Å²) in [6.07, 6.45) is 0.170. The highest BCUT2D eigenvalue weighted by Gasteiger charge is 2.33. The largest absolute Gasteiger partial charge is 0.296 e. The molecule has 23 heavy (non-hydrogen) atoms. The minimum Gasteiger partial charge on any atom is -0.296 e. The Morgan fingerprint density at radius 2 is 1.87 bits per heavy atom. The molecule has 0 bridgehead atoms. The molecule has 0 radical (unpaired) electrons. The Labute approximate surface area is 139 Å². The molecule has 2 aromatic rings. The van der Waals surface area contributed by atoms with Crippen LogP contribution in [-0.2, 0) is 13.8 Å². The van der Waals surface area contributed by atoms with Gasteiger partial charge in [-0.3, -0.25) is 9.69 Å². The molecule has 2 heterocycles. The summed E-state index contributed by atoms with van der Waals surface area (Å²) in [7, 11) is 1.67. The Balaban J connectivity index is 1.84. The molecule has 1 aliphatic heterocycles. The number of benzene rings is 1. The van der Waals surface area contributed by atoms with Crippen molar-refractivity contribution in [3.8, 4) is 11.3 Å². The number of pyridine rings is 1. The topological polar surface area (TPSA) is 67.3 Å². The Hall–Kier alpha value is -1.92. The second-order valence-electron chi connectivity index (χ2n) is 5.53. The molecule has 5 nitrogen and oxygen atoms in total. The number of anilines is 1. The van der Waals surface area contributed by atoms with Crippen LogP contribution in [0.1, 0.15) is 6.42 Å². The van der Waals surface area contributed by atoms with E-state index in [-0.39, 0.29) is 24.0 Å². The van der Waals surface area contributed by atoms with Crippen LogP contribution in [0.25, 0.3) is 11.3 Å². The van der Waals surface area contributed by atoms with Gasteiger partial charge in [0.05, 0.1) is 11.4 Å². The molecular weight excluding hydrogens is 336 g/mol. The van der Waals surface area contributed by atoms with Gasteiger partial charge in [-0.05, 0) is 12.1 Å². The molecule has 0 saturated carbocycles. The van der Waals surface area contributed by atoms with Crippen LogP contribution in [0.2, 0.25) is 0 Å². The van der Waals surface area contributed by atoms with Gasteiger partial charge in [0.2, 0.25) is 15.0 Å². The van der Waals surface area contributed by atoms with Gasteiger partial charge in [0, 0.05) is 35.1 Å². The predicted molar refractivity (Wildman–Crippen MR) is 89.8 cm³/mol. The Morgan fingerprint density at radius 3 is 2.57 bits per heavy atom. The number of hydrogen-bond donors (Lipinski definition) is 0. The third kappa shape index (κ3) is 3.89. The maximum Gasteiger partial charge on any atom is 0.232 e. The molecule has 1 atom stereocenters. The van der Waals surface area contributed by atoms with E-state index in [4.69, 9.17) is 10.7 Å². The fraction of sp³-hybridized carbons (Fsp3) is 0.250. The SMILES string of the molecule is O=C1CC(CS(=O)(=O)Cl)CN1c1cccc(-c2ccccc2)n1. The van der Waals surface area contributed by atoms with Crippen LogP contribution in [0, 0.1) is 5.92 Å². The van der Waals surface area contributed by atoms with Gasteiger partial charge in [-0.15, -0.1) is 0 Å². The average molecular weight is 351 g/mol. The van der Waals surface area contributed by atoms with Crippen molar-refractivity contribution in [1.29, 1.82) is 0 Å². The molecule has 1 fully saturated rings. The number of hydrogen-bond acceptors (Lipinski definition) is 4. The van der Waals surface area contributed by atoms with Gasteiger partial charge >= 0.3 is 0 Å². The number of aromatic nitrogens is 1. The zero-order valence-electron chi connectivity index (χ0n) is 12.2. The van der Waals surface area contributed by atoms with Crippen LogP contribution in [0.15, 0.2) is 48.5 Å². The highest BCUT2D eigenvalue weighted by molar-refractivity contribution is 8.13. The Bertz CT molecular complexity index is 824. The van der Waals surface area contributed by atoms with E-state index >= 15 is 0 Å². The van der Waals surface area contributed by atoms with Crippen molar-refractivity contribution in [3.05, 3.63) is 48.5 Å². The number of carbonyl (C=O) groups excluding carboxylic acids is 1. The van der Waals surface area contributed by atoms with Crippen molar-refractivity contribution in [1.82, 2.24) is 4.98 Å². The van der Waals surface area contributed by atoms with Crippen molar-refractivity contribution >= 4 is 31.5 Å². The molecule has 120 valence electrons. The fourth-order valence-corrected chi connectivity index (χ4v) is 4.06. The van der Waals surface area contributed by atoms with Crippen LogP contribution in [-0.4, -0.2) is 31.6 Å². The lowest BCUT2D eigenvalue weighted by Gasteiger charge is -2.16. The van der Waals surface area contributed by atoms with E-state index in [9.17, 15) is 13.2 Å². The van der Waals surface area contributed by atoms with Gasteiger partial charge in [-0.1, -0.05) is 36.4 Å². The zero-order valence-corrected chi connectivity index (χ0v) is 13.8. The van der Waals surface area contributed by atoms with Crippen LogP contribution in [0.5, 0.6) is 0 Å². The smallest absolute Gasteiger partial charge is 0.232 e. The minimum absolute atomic E-state index is 0.131. The summed E-state index contributed by atoms with van der Waals surface area (Å²) in [6, 6.07) is 15.1. The van der Waals surface area contributed by atoms with Gasteiger partial charge in [-0.25, -0.2) is 13.4 Å². The van der Waals surface area contributed by atoms with Crippen molar-refractivity contribution < 1.29 is 13.2 Å². The number of rotatable bonds is 4. The summed E-state index contributed by atoms with van der Waals surface area (Å²) >= 11 is 0. The maximum absolute atomic E-state index is 12.2. The lowest BCUT2D eigenvalue weighted by Crippen LogP contribution is -2.26. The molecular formula is C16H15ClN2O3S. The standard InChI is InChI=1S/C16H15ClN2O3S/c17-23(21,22)11-12-9-16(20)19(10-12)15-8-4-7-14(18-15)13-5-2-1-3-6-13/h1-8,12H,9-11H2. The van der Waals surface area contributed by atoms with Gasteiger partial charge in [0.1, 0.15) is 5.82 Å². The second-order valence-corrected chi connectivity index (χ2v) is 8.35. The average Bonchev–Trinajstić information content (AvgIpc) is 2.87. The summed E-state index contributed by atoms with van der Waals surface area (Å²) in [5.41, 5.74) is 1.73. The highest BCUT2D eigenvalue weighted by atomic mass is 35.7. The van der Waals surface area contributed by atoms with Gasteiger partial charge in [0.25, 0.3) is 0 Å². The minimum atomic E-state index is -3.61. The monoisotopic (exact) mass is 350 g/mol.